The van der Waals surface area contributed by atoms with Gasteiger partial charge in [0.1, 0.15) is 0 Å². The summed E-state index contributed by atoms with van der Waals surface area (Å²) in [4.78, 5) is 12.3. The fourth-order valence-electron chi connectivity index (χ4n) is 1.96. The van der Waals surface area contributed by atoms with Crippen LogP contribution in [0.15, 0.2) is 0 Å². The Bertz CT molecular complexity index is 416. The first-order valence-electron chi connectivity index (χ1n) is 6.44. The highest BCUT2D eigenvalue weighted by Crippen LogP contribution is 2.20. The number of nitrogens with one attached hydrogen (secondary N) is 2. The summed E-state index contributed by atoms with van der Waals surface area (Å²) in [7, 11) is 0. The molecule has 2 atom stereocenters. The molecule has 0 bridgehead atoms. The van der Waals surface area contributed by atoms with Crippen molar-refractivity contribution in [2.24, 2.45) is 11.8 Å². The predicted molar refractivity (Wildman–Crippen MR) is 70.8 cm³/mol. The Hall–Kier alpha value is -1.67. The molecular formula is C11H20N6O2. The smallest absolute Gasteiger partial charge is 0.323 e. The highest BCUT2D eigenvalue weighted by molar-refractivity contribution is 5.34. The fraction of sp³-hybridized carbons (Fsp3) is 0.727. The number of aromatic nitrogens is 3. The summed E-state index contributed by atoms with van der Waals surface area (Å²) >= 11 is 0. The Balaban J connectivity index is 2.00. The number of nitrogen functional groups attached to an aromatic ring is 1. The highest BCUT2D eigenvalue weighted by atomic mass is 16.5. The fourth-order valence-corrected chi connectivity index (χ4v) is 1.96. The molecule has 2 unspecified atom stereocenters. The molecule has 1 aliphatic heterocycles. The van der Waals surface area contributed by atoms with E-state index in [-0.39, 0.29) is 18.1 Å². The summed E-state index contributed by atoms with van der Waals surface area (Å²) in [6.45, 7) is 5.99. The number of hydrogen-bond donors (Lipinski definition) is 3. The van der Waals surface area contributed by atoms with Crippen molar-refractivity contribution in [2.75, 3.05) is 30.5 Å². The zero-order valence-electron chi connectivity index (χ0n) is 11.2. The van der Waals surface area contributed by atoms with Gasteiger partial charge in [-0.1, -0.05) is 0 Å². The van der Waals surface area contributed by atoms with E-state index in [9.17, 15) is 0 Å². The topological polar surface area (TPSA) is 107 Å². The van der Waals surface area contributed by atoms with Crippen LogP contribution in [-0.4, -0.2) is 40.8 Å². The van der Waals surface area contributed by atoms with Crippen molar-refractivity contribution < 1.29 is 9.47 Å². The molecule has 0 aliphatic carbocycles. The van der Waals surface area contributed by atoms with E-state index in [0.29, 0.717) is 18.5 Å². The molecule has 1 aromatic heterocycles. The molecule has 19 heavy (non-hydrogen) atoms. The van der Waals surface area contributed by atoms with Crippen LogP contribution in [0.2, 0.25) is 0 Å². The van der Waals surface area contributed by atoms with Crippen LogP contribution >= 0.6 is 0 Å². The number of hydrazine groups is 1. The molecule has 0 aromatic carbocycles. The monoisotopic (exact) mass is 268 g/mol. The average Bonchev–Trinajstić information content (AvgIpc) is 2.82. The van der Waals surface area contributed by atoms with Gasteiger partial charge in [-0.15, -0.1) is 0 Å². The Kier molecular flexibility index (Phi) is 4.69. The van der Waals surface area contributed by atoms with Crippen LogP contribution in [0.1, 0.15) is 20.3 Å². The van der Waals surface area contributed by atoms with Gasteiger partial charge in [-0.2, -0.15) is 15.0 Å². The standard InChI is InChI=1S/C11H20N6O2/c1-3-18-11-15-9(14-10(16-11)17-12)13-6-8-4-5-19-7(8)2/h7-8H,3-6,12H2,1-2H3,(H2,13,14,15,16,17). The van der Waals surface area contributed by atoms with Gasteiger partial charge >= 0.3 is 6.01 Å². The van der Waals surface area contributed by atoms with E-state index in [1.165, 1.54) is 0 Å². The van der Waals surface area contributed by atoms with Crippen molar-refractivity contribution >= 4 is 11.9 Å². The van der Waals surface area contributed by atoms with Crippen LogP contribution in [-0.2, 0) is 4.74 Å². The average molecular weight is 268 g/mol. The van der Waals surface area contributed by atoms with Crippen molar-refractivity contribution in [2.45, 2.75) is 26.4 Å². The van der Waals surface area contributed by atoms with E-state index in [0.717, 1.165) is 19.6 Å². The lowest BCUT2D eigenvalue weighted by molar-refractivity contribution is 0.108. The summed E-state index contributed by atoms with van der Waals surface area (Å²) in [6.07, 6.45) is 1.30. The first-order valence-corrected chi connectivity index (χ1v) is 6.44. The largest absolute Gasteiger partial charge is 0.464 e. The molecular weight excluding hydrogens is 248 g/mol. The summed E-state index contributed by atoms with van der Waals surface area (Å²) in [5.41, 5.74) is 2.40. The molecule has 106 valence electrons. The Labute approximate surface area is 112 Å². The summed E-state index contributed by atoms with van der Waals surface area (Å²) in [6, 6.07) is 0.253. The Morgan fingerprint density at radius 3 is 2.79 bits per heavy atom. The number of nitrogens with zero attached hydrogens (tertiary/aromatic N) is 3. The molecule has 0 saturated carbocycles. The molecule has 2 rings (SSSR count). The number of anilines is 2. The quantitative estimate of drug-likeness (QED) is 0.502. The van der Waals surface area contributed by atoms with Crippen LogP contribution < -0.4 is 21.3 Å². The molecule has 1 fully saturated rings. The van der Waals surface area contributed by atoms with Gasteiger partial charge in [-0.05, 0) is 20.3 Å². The van der Waals surface area contributed by atoms with E-state index >= 15 is 0 Å². The van der Waals surface area contributed by atoms with Crippen molar-refractivity contribution in [3.63, 3.8) is 0 Å². The van der Waals surface area contributed by atoms with Gasteiger partial charge in [0.05, 0.1) is 12.7 Å². The number of hydrogen-bond acceptors (Lipinski definition) is 8. The van der Waals surface area contributed by atoms with Crippen LogP contribution in [0.5, 0.6) is 6.01 Å². The molecule has 8 heteroatoms. The molecule has 1 saturated heterocycles. The van der Waals surface area contributed by atoms with E-state index in [4.69, 9.17) is 15.3 Å². The maximum absolute atomic E-state index is 5.51. The molecule has 4 N–H and O–H groups in total. The molecule has 1 aliphatic rings. The maximum atomic E-state index is 5.51. The van der Waals surface area contributed by atoms with Crippen molar-refractivity contribution in [1.29, 1.82) is 0 Å². The van der Waals surface area contributed by atoms with E-state index in [1.807, 2.05) is 6.92 Å². The lowest BCUT2D eigenvalue weighted by atomic mass is 10.0. The van der Waals surface area contributed by atoms with Crippen molar-refractivity contribution in [3.8, 4) is 6.01 Å². The molecule has 8 nitrogen and oxygen atoms in total. The second-order valence-corrected chi connectivity index (χ2v) is 4.35. The van der Waals surface area contributed by atoms with E-state index < -0.39 is 0 Å². The zero-order chi connectivity index (χ0) is 13.7. The first-order chi connectivity index (χ1) is 9.22. The minimum Gasteiger partial charge on any atom is -0.464 e. The lowest BCUT2D eigenvalue weighted by Crippen LogP contribution is -2.22. The number of nitrogens with two attached hydrogens (primary N) is 1. The normalized spacial score (nSPS) is 22.3. The summed E-state index contributed by atoms with van der Waals surface area (Å²) < 4.78 is 10.8. The third-order valence-electron chi connectivity index (χ3n) is 3.07. The lowest BCUT2D eigenvalue weighted by Gasteiger charge is -2.15. The maximum Gasteiger partial charge on any atom is 0.323 e. The van der Waals surface area contributed by atoms with Crippen molar-refractivity contribution in [1.82, 2.24) is 15.0 Å². The minimum absolute atomic E-state index is 0.253. The molecule has 2 heterocycles. The summed E-state index contributed by atoms with van der Waals surface area (Å²) in [5.74, 6) is 6.50. The molecule has 1 aromatic rings. The second-order valence-electron chi connectivity index (χ2n) is 4.35. The SMILES string of the molecule is CCOc1nc(NN)nc(NCC2CCOC2C)n1. The molecule has 0 spiro atoms. The minimum atomic E-state index is 0.253. The molecule has 0 amide bonds. The highest BCUT2D eigenvalue weighted by Gasteiger charge is 2.24. The number of ether oxygens (including phenoxy) is 2. The Morgan fingerprint density at radius 1 is 1.37 bits per heavy atom. The van der Waals surface area contributed by atoms with Crippen LogP contribution in [0.3, 0.4) is 0 Å². The van der Waals surface area contributed by atoms with Gasteiger partial charge in [0.25, 0.3) is 0 Å². The zero-order valence-corrected chi connectivity index (χ0v) is 11.2. The van der Waals surface area contributed by atoms with Gasteiger partial charge in [-0.25, -0.2) is 5.84 Å². The van der Waals surface area contributed by atoms with Gasteiger partial charge in [0, 0.05) is 19.1 Å². The third kappa shape index (κ3) is 3.65. The first kappa shape index (κ1) is 13.8. The van der Waals surface area contributed by atoms with Gasteiger partial charge < -0.3 is 14.8 Å². The van der Waals surface area contributed by atoms with E-state index in [2.05, 4.69) is 32.6 Å². The van der Waals surface area contributed by atoms with Gasteiger partial charge in [0.15, 0.2) is 0 Å². The van der Waals surface area contributed by atoms with Crippen molar-refractivity contribution in [3.05, 3.63) is 0 Å². The van der Waals surface area contributed by atoms with Crippen LogP contribution in [0, 0.1) is 5.92 Å². The van der Waals surface area contributed by atoms with Gasteiger partial charge in [0.2, 0.25) is 11.9 Å². The predicted octanol–water partition coefficient (Wildman–Crippen LogP) is 0.393. The second kappa shape index (κ2) is 6.48. The number of rotatable bonds is 6. The van der Waals surface area contributed by atoms with Crippen LogP contribution in [0.4, 0.5) is 11.9 Å². The van der Waals surface area contributed by atoms with Crippen LogP contribution in [0.25, 0.3) is 0 Å². The van der Waals surface area contributed by atoms with E-state index in [1.54, 1.807) is 0 Å². The Morgan fingerprint density at radius 2 is 2.16 bits per heavy atom. The third-order valence-corrected chi connectivity index (χ3v) is 3.07. The summed E-state index contributed by atoms with van der Waals surface area (Å²) in [5, 5.41) is 3.17. The molecule has 0 radical (unpaired) electrons. The van der Waals surface area contributed by atoms with Gasteiger partial charge in [-0.3, -0.25) is 5.43 Å².